The van der Waals surface area contributed by atoms with Crippen LogP contribution in [0.4, 0.5) is 0 Å². The molecule has 0 radical (unpaired) electrons. The lowest BCUT2D eigenvalue weighted by molar-refractivity contribution is -0.133. The summed E-state index contributed by atoms with van der Waals surface area (Å²) < 4.78 is 5.10. The van der Waals surface area contributed by atoms with Crippen molar-refractivity contribution in [3.05, 3.63) is 35.9 Å². The molecule has 2 rings (SSSR count). The summed E-state index contributed by atoms with van der Waals surface area (Å²) in [5.74, 6) is 0.685. The van der Waals surface area contributed by atoms with E-state index < -0.39 is 0 Å². The second-order valence-electron chi connectivity index (χ2n) is 5.50. The zero-order valence-corrected chi connectivity index (χ0v) is 12.1. The van der Waals surface area contributed by atoms with Crippen LogP contribution in [0.25, 0.3) is 0 Å². The van der Waals surface area contributed by atoms with E-state index in [9.17, 15) is 4.79 Å². The van der Waals surface area contributed by atoms with Crippen LogP contribution in [0.2, 0.25) is 0 Å². The number of benzene rings is 1. The molecule has 1 unspecified atom stereocenters. The predicted octanol–water partition coefficient (Wildman–Crippen LogP) is 1.79. The molecule has 110 valence electrons. The average Bonchev–Trinajstić information content (AvgIpc) is 3.29. The van der Waals surface area contributed by atoms with E-state index in [1.165, 1.54) is 12.8 Å². The summed E-state index contributed by atoms with van der Waals surface area (Å²) in [5, 5.41) is 0. The highest BCUT2D eigenvalue weighted by atomic mass is 16.5. The number of carbonyl (C=O) groups excluding carboxylic acids is 1. The van der Waals surface area contributed by atoms with Gasteiger partial charge in [-0.25, -0.2) is 0 Å². The minimum absolute atomic E-state index is 0.0170. The number of ether oxygens (including phenoxy) is 1. The lowest BCUT2D eigenvalue weighted by atomic mass is 10.1. The molecule has 1 atom stereocenters. The zero-order valence-electron chi connectivity index (χ0n) is 12.1. The van der Waals surface area contributed by atoms with Crippen molar-refractivity contribution in [3.8, 4) is 0 Å². The third-order valence-electron chi connectivity index (χ3n) is 3.77. The van der Waals surface area contributed by atoms with Crippen molar-refractivity contribution in [1.82, 2.24) is 4.90 Å². The summed E-state index contributed by atoms with van der Waals surface area (Å²) >= 11 is 0. The van der Waals surface area contributed by atoms with Crippen LogP contribution in [0, 0.1) is 5.92 Å². The van der Waals surface area contributed by atoms with Crippen LogP contribution >= 0.6 is 0 Å². The van der Waals surface area contributed by atoms with Gasteiger partial charge in [-0.1, -0.05) is 30.3 Å². The number of hydrogen-bond donors (Lipinski definition) is 1. The number of rotatable bonds is 8. The Balaban J connectivity index is 1.92. The second-order valence-corrected chi connectivity index (χ2v) is 5.50. The van der Waals surface area contributed by atoms with E-state index in [-0.39, 0.29) is 11.9 Å². The quantitative estimate of drug-likeness (QED) is 0.787. The Morgan fingerprint density at radius 2 is 2.10 bits per heavy atom. The molecule has 20 heavy (non-hydrogen) atoms. The molecule has 2 N–H and O–H groups in total. The fraction of sp³-hybridized carbons (Fsp3) is 0.562. The van der Waals surface area contributed by atoms with Gasteiger partial charge in [0.05, 0.1) is 6.61 Å². The van der Waals surface area contributed by atoms with Gasteiger partial charge < -0.3 is 15.4 Å². The highest BCUT2D eigenvalue weighted by Crippen LogP contribution is 2.33. The van der Waals surface area contributed by atoms with Gasteiger partial charge in [0.2, 0.25) is 5.91 Å². The topological polar surface area (TPSA) is 55.6 Å². The van der Waals surface area contributed by atoms with Gasteiger partial charge in [-0.05, 0) is 24.3 Å². The summed E-state index contributed by atoms with van der Waals surface area (Å²) in [5.41, 5.74) is 7.20. The Labute approximate surface area is 120 Å². The van der Waals surface area contributed by atoms with Gasteiger partial charge in [0.1, 0.15) is 0 Å². The third-order valence-corrected chi connectivity index (χ3v) is 3.77. The maximum absolute atomic E-state index is 12.4. The summed E-state index contributed by atoms with van der Waals surface area (Å²) in [4.78, 5) is 14.2. The third kappa shape index (κ3) is 4.62. The van der Waals surface area contributed by atoms with Crippen molar-refractivity contribution in [2.75, 3.05) is 20.3 Å². The maximum atomic E-state index is 12.4. The fourth-order valence-corrected chi connectivity index (χ4v) is 2.32. The van der Waals surface area contributed by atoms with Crippen LogP contribution in [-0.2, 0) is 16.1 Å². The fourth-order valence-electron chi connectivity index (χ4n) is 2.32. The van der Waals surface area contributed by atoms with Crippen LogP contribution in [-0.4, -0.2) is 37.1 Å². The molecule has 0 aliphatic heterocycles. The summed E-state index contributed by atoms with van der Waals surface area (Å²) in [6.45, 7) is 1.79. The van der Waals surface area contributed by atoms with Crippen LogP contribution in [0.3, 0.4) is 0 Å². The van der Waals surface area contributed by atoms with E-state index in [0.717, 1.165) is 5.56 Å². The van der Waals surface area contributed by atoms with Crippen molar-refractivity contribution in [3.63, 3.8) is 0 Å². The highest BCUT2D eigenvalue weighted by Gasteiger charge is 2.30. The highest BCUT2D eigenvalue weighted by molar-refractivity contribution is 5.77. The van der Waals surface area contributed by atoms with Gasteiger partial charge in [0.25, 0.3) is 0 Å². The van der Waals surface area contributed by atoms with Gasteiger partial charge in [-0.2, -0.15) is 0 Å². The van der Waals surface area contributed by atoms with Crippen LogP contribution < -0.4 is 5.73 Å². The first-order valence-electron chi connectivity index (χ1n) is 7.27. The average molecular weight is 276 g/mol. The molecule has 4 nitrogen and oxygen atoms in total. The molecular weight excluding hydrogens is 252 g/mol. The molecule has 1 saturated carbocycles. The number of hydrogen-bond acceptors (Lipinski definition) is 3. The molecule has 1 aliphatic carbocycles. The van der Waals surface area contributed by atoms with Crippen molar-refractivity contribution in [2.45, 2.75) is 31.8 Å². The summed E-state index contributed by atoms with van der Waals surface area (Å²) in [6.07, 6.45) is 2.79. The number of nitrogens with zero attached hydrogens (tertiary/aromatic N) is 1. The van der Waals surface area contributed by atoms with Crippen molar-refractivity contribution in [1.29, 1.82) is 0 Å². The lowest BCUT2D eigenvalue weighted by Crippen LogP contribution is -2.38. The standard InChI is InChI=1S/C16H24N2O2/c1-20-10-9-18(12-13-5-3-2-4-6-13)16(19)11-15(17)14-7-8-14/h2-6,14-15H,7-12,17H2,1H3. The van der Waals surface area contributed by atoms with E-state index >= 15 is 0 Å². The molecule has 1 aromatic carbocycles. The molecule has 0 aromatic heterocycles. The van der Waals surface area contributed by atoms with E-state index in [1.54, 1.807) is 7.11 Å². The first-order valence-corrected chi connectivity index (χ1v) is 7.27. The second kappa shape index (κ2) is 7.41. The van der Waals surface area contributed by atoms with E-state index in [2.05, 4.69) is 0 Å². The molecule has 0 spiro atoms. The number of nitrogens with two attached hydrogens (primary N) is 1. The lowest BCUT2D eigenvalue weighted by Gasteiger charge is -2.24. The summed E-state index contributed by atoms with van der Waals surface area (Å²) in [7, 11) is 1.65. The van der Waals surface area contributed by atoms with Crippen LogP contribution in [0.1, 0.15) is 24.8 Å². The first-order chi connectivity index (χ1) is 9.70. The smallest absolute Gasteiger partial charge is 0.224 e. The Bertz CT molecular complexity index is 418. The van der Waals surface area contributed by atoms with E-state index in [4.69, 9.17) is 10.5 Å². The van der Waals surface area contributed by atoms with Crippen molar-refractivity contribution < 1.29 is 9.53 Å². The first kappa shape index (κ1) is 15.0. The van der Waals surface area contributed by atoms with Crippen molar-refractivity contribution >= 4 is 5.91 Å². The molecule has 0 heterocycles. The molecule has 1 amide bonds. The molecule has 1 aliphatic rings. The van der Waals surface area contributed by atoms with Gasteiger partial charge in [0, 0.05) is 32.7 Å². The van der Waals surface area contributed by atoms with Gasteiger partial charge in [0.15, 0.2) is 0 Å². The molecule has 1 aromatic rings. The van der Waals surface area contributed by atoms with E-state index in [0.29, 0.717) is 32.0 Å². The van der Waals surface area contributed by atoms with Gasteiger partial charge >= 0.3 is 0 Å². The Morgan fingerprint density at radius 1 is 1.40 bits per heavy atom. The Kier molecular flexibility index (Phi) is 5.56. The SMILES string of the molecule is COCCN(Cc1ccccc1)C(=O)CC(N)C1CC1. The van der Waals surface area contributed by atoms with Gasteiger partial charge in [-0.15, -0.1) is 0 Å². The minimum atomic E-state index is 0.0170. The van der Waals surface area contributed by atoms with Gasteiger partial charge in [-0.3, -0.25) is 4.79 Å². The molecule has 4 heteroatoms. The number of amides is 1. The number of carbonyl (C=O) groups is 1. The van der Waals surface area contributed by atoms with Crippen molar-refractivity contribution in [2.24, 2.45) is 11.7 Å². The molecule has 0 saturated heterocycles. The molecule has 1 fully saturated rings. The Morgan fingerprint density at radius 3 is 2.70 bits per heavy atom. The van der Waals surface area contributed by atoms with E-state index in [1.807, 2.05) is 35.2 Å². The zero-order chi connectivity index (χ0) is 14.4. The normalized spacial score (nSPS) is 15.9. The molecule has 0 bridgehead atoms. The summed E-state index contributed by atoms with van der Waals surface area (Å²) in [6, 6.07) is 10.0. The number of methoxy groups -OCH3 is 1. The maximum Gasteiger partial charge on any atom is 0.224 e. The van der Waals surface area contributed by atoms with Crippen LogP contribution in [0.5, 0.6) is 0 Å². The monoisotopic (exact) mass is 276 g/mol. The minimum Gasteiger partial charge on any atom is -0.383 e. The largest absolute Gasteiger partial charge is 0.383 e. The molecular formula is C16H24N2O2. The van der Waals surface area contributed by atoms with Crippen LogP contribution in [0.15, 0.2) is 30.3 Å². The predicted molar refractivity (Wildman–Crippen MR) is 79.1 cm³/mol. The Hall–Kier alpha value is -1.39.